The normalized spacial score (nSPS) is 21.0. The van der Waals surface area contributed by atoms with E-state index in [4.69, 9.17) is 4.74 Å². The van der Waals surface area contributed by atoms with Crippen LogP contribution >= 0.6 is 0 Å². The summed E-state index contributed by atoms with van der Waals surface area (Å²) in [6.45, 7) is 6.75. The van der Waals surface area contributed by atoms with E-state index in [1.807, 2.05) is 12.1 Å². The average Bonchev–Trinajstić information content (AvgIpc) is 2.87. The van der Waals surface area contributed by atoms with Crippen molar-refractivity contribution in [2.75, 3.05) is 11.9 Å². The molecule has 0 saturated heterocycles. The second-order valence-electron chi connectivity index (χ2n) is 6.91. The van der Waals surface area contributed by atoms with E-state index in [0.717, 1.165) is 11.5 Å². The molecule has 0 aromatic heterocycles. The van der Waals surface area contributed by atoms with E-state index < -0.39 is 0 Å². The Hall–Kier alpha value is -2.42. The van der Waals surface area contributed by atoms with E-state index in [0.29, 0.717) is 6.17 Å². The summed E-state index contributed by atoms with van der Waals surface area (Å²) in [6, 6.07) is 14.8. The summed E-state index contributed by atoms with van der Waals surface area (Å²) >= 11 is 0. The van der Waals surface area contributed by atoms with Gasteiger partial charge in [0.2, 0.25) is 0 Å². The lowest BCUT2D eigenvalue weighted by atomic mass is 9.75. The Morgan fingerprint density at radius 1 is 0.957 bits per heavy atom. The van der Waals surface area contributed by atoms with Crippen molar-refractivity contribution in [1.82, 2.24) is 4.90 Å². The molecule has 2 aliphatic rings. The number of benzene rings is 2. The number of hydrogen-bond donors (Lipinski definition) is 0. The fourth-order valence-corrected chi connectivity index (χ4v) is 3.52. The van der Waals surface area contributed by atoms with Gasteiger partial charge in [-0.25, -0.2) is 0 Å². The molecule has 4 rings (SSSR count). The van der Waals surface area contributed by atoms with Crippen molar-refractivity contribution >= 4 is 5.69 Å². The van der Waals surface area contributed by atoms with Gasteiger partial charge in [-0.15, -0.1) is 0 Å². The van der Waals surface area contributed by atoms with Crippen LogP contribution in [0.15, 0.2) is 54.9 Å². The number of fused-ring (bicyclic) bond motifs is 2. The van der Waals surface area contributed by atoms with Gasteiger partial charge in [-0.05, 0) is 31.2 Å². The van der Waals surface area contributed by atoms with Crippen LogP contribution in [0.3, 0.4) is 0 Å². The molecule has 23 heavy (non-hydrogen) atoms. The molecule has 0 bridgehead atoms. The molecular weight excluding hydrogens is 284 g/mol. The first-order valence-electron chi connectivity index (χ1n) is 8.09. The molecule has 0 N–H and O–H groups in total. The Kier molecular flexibility index (Phi) is 2.95. The van der Waals surface area contributed by atoms with Crippen LogP contribution in [0.2, 0.25) is 0 Å². The minimum atomic E-state index is -0.0707. The molecular formula is C20H22N2O. The Bertz CT molecular complexity index is 794. The standard InChI is InChI=1S/C20H22N2O/c1-14-21(4)11-12-22(14)15-9-10-19-17(13-15)20(2,3)16-7-5-6-8-18(16)23-19/h5-14H,1-4H3/t14-/m0/s1. The minimum absolute atomic E-state index is 0.0707. The molecule has 0 saturated carbocycles. The zero-order valence-electron chi connectivity index (χ0n) is 14.1. The van der Waals surface area contributed by atoms with Crippen molar-refractivity contribution in [3.63, 3.8) is 0 Å². The van der Waals surface area contributed by atoms with Gasteiger partial charge in [0, 0.05) is 41.7 Å². The first kappa shape index (κ1) is 14.2. The van der Waals surface area contributed by atoms with Crippen LogP contribution < -0.4 is 9.64 Å². The highest BCUT2D eigenvalue weighted by Gasteiger charge is 2.34. The van der Waals surface area contributed by atoms with Gasteiger partial charge in [-0.2, -0.15) is 0 Å². The Labute approximate surface area is 137 Å². The molecule has 118 valence electrons. The Morgan fingerprint density at radius 3 is 2.43 bits per heavy atom. The third-order valence-corrected chi connectivity index (χ3v) is 5.17. The number of anilines is 1. The van der Waals surface area contributed by atoms with Gasteiger partial charge < -0.3 is 14.5 Å². The molecule has 0 fully saturated rings. The first-order valence-corrected chi connectivity index (χ1v) is 8.09. The van der Waals surface area contributed by atoms with Crippen molar-refractivity contribution in [2.24, 2.45) is 0 Å². The van der Waals surface area contributed by atoms with E-state index in [1.165, 1.54) is 16.8 Å². The highest BCUT2D eigenvalue weighted by molar-refractivity contribution is 5.63. The average molecular weight is 306 g/mol. The number of ether oxygens (including phenoxy) is 1. The number of rotatable bonds is 1. The lowest BCUT2D eigenvalue weighted by Crippen LogP contribution is -2.33. The molecule has 0 amide bonds. The molecule has 3 nitrogen and oxygen atoms in total. The lowest BCUT2D eigenvalue weighted by molar-refractivity contribution is 0.382. The molecule has 0 unspecified atom stereocenters. The maximum absolute atomic E-state index is 6.13. The molecule has 1 atom stereocenters. The summed E-state index contributed by atoms with van der Waals surface area (Å²) in [7, 11) is 2.10. The maximum Gasteiger partial charge on any atom is 0.131 e. The van der Waals surface area contributed by atoms with E-state index in [-0.39, 0.29) is 5.41 Å². The SMILES string of the molecule is C[C@H]1N(C)C=CN1c1ccc2c(c1)C(C)(C)c1ccccc1O2. The second-order valence-corrected chi connectivity index (χ2v) is 6.91. The zero-order chi connectivity index (χ0) is 16.2. The van der Waals surface area contributed by atoms with Crippen molar-refractivity contribution in [3.8, 4) is 11.5 Å². The largest absolute Gasteiger partial charge is 0.457 e. The second kappa shape index (κ2) is 4.79. The molecule has 2 aromatic rings. The predicted octanol–water partition coefficient (Wildman–Crippen LogP) is 4.69. The summed E-state index contributed by atoms with van der Waals surface area (Å²) in [6.07, 6.45) is 4.57. The van der Waals surface area contributed by atoms with E-state index in [2.05, 4.69) is 80.4 Å². The monoisotopic (exact) mass is 306 g/mol. The quantitative estimate of drug-likeness (QED) is 0.760. The van der Waals surface area contributed by atoms with Gasteiger partial charge in [0.05, 0.1) is 0 Å². The van der Waals surface area contributed by atoms with Crippen LogP contribution in [0, 0.1) is 0 Å². The van der Waals surface area contributed by atoms with Gasteiger partial charge in [0.25, 0.3) is 0 Å². The Morgan fingerprint density at radius 2 is 1.70 bits per heavy atom. The van der Waals surface area contributed by atoms with Gasteiger partial charge in [-0.3, -0.25) is 0 Å². The lowest BCUT2D eigenvalue weighted by Gasteiger charge is -2.36. The smallest absolute Gasteiger partial charge is 0.131 e. The van der Waals surface area contributed by atoms with Gasteiger partial charge >= 0.3 is 0 Å². The molecule has 0 spiro atoms. The number of hydrogen-bond acceptors (Lipinski definition) is 3. The van der Waals surface area contributed by atoms with E-state index in [9.17, 15) is 0 Å². The third kappa shape index (κ3) is 2.03. The van der Waals surface area contributed by atoms with Crippen molar-refractivity contribution < 1.29 is 4.74 Å². The zero-order valence-corrected chi connectivity index (χ0v) is 14.1. The van der Waals surface area contributed by atoms with Crippen molar-refractivity contribution in [1.29, 1.82) is 0 Å². The van der Waals surface area contributed by atoms with E-state index in [1.54, 1.807) is 0 Å². The third-order valence-electron chi connectivity index (χ3n) is 5.17. The van der Waals surface area contributed by atoms with E-state index >= 15 is 0 Å². The van der Waals surface area contributed by atoms with Crippen molar-refractivity contribution in [3.05, 3.63) is 66.0 Å². The van der Waals surface area contributed by atoms with Crippen LogP contribution in [0.1, 0.15) is 31.9 Å². The summed E-state index contributed by atoms with van der Waals surface area (Å²) in [4.78, 5) is 4.49. The van der Waals surface area contributed by atoms with Gasteiger partial charge in [0.15, 0.2) is 0 Å². The predicted molar refractivity (Wildman–Crippen MR) is 93.9 cm³/mol. The van der Waals surface area contributed by atoms with Crippen LogP contribution in [-0.2, 0) is 5.41 Å². The van der Waals surface area contributed by atoms with Crippen LogP contribution in [0.4, 0.5) is 5.69 Å². The number of para-hydroxylation sites is 1. The molecule has 2 aliphatic heterocycles. The van der Waals surface area contributed by atoms with Crippen molar-refractivity contribution in [2.45, 2.75) is 32.4 Å². The molecule has 2 aromatic carbocycles. The summed E-state index contributed by atoms with van der Waals surface area (Å²) in [5.41, 5.74) is 3.61. The summed E-state index contributed by atoms with van der Waals surface area (Å²) in [5.74, 6) is 1.92. The summed E-state index contributed by atoms with van der Waals surface area (Å²) < 4.78 is 6.13. The fourth-order valence-electron chi connectivity index (χ4n) is 3.52. The topological polar surface area (TPSA) is 15.7 Å². The van der Waals surface area contributed by atoms with Crippen LogP contribution in [0.25, 0.3) is 0 Å². The fraction of sp³-hybridized carbons (Fsp3) is 0.300. The summed E-state index contributed by atoms with van der Waals surface area (Å²) in [5, 5.41) is 0. The molecule has 0 aliphatic carbocycles. The molecule has 0 radical (unpaired) electrons. The van der Waals surface area contributed by atoms with Crippen LogP contribution in [0.5, 0.6) is 11.5 Å². The van der Waals surface area contributed by atoms with Gasteiger partial charge in [0.1, 0.15) is 17.7 Å². The minimum Gasteiger partial charge on any atom is -0.457 e. The van der Waals surface area contributed by atoms with Gasteiger partial charge in [-0.1, -0.05) is 32.0 Å². The molecule has 3 heteroatoms. The highest BCUT2D eigenvalue weighted by Crippen LogP contribution is 2.48. The maximum atomic E-state index is 6.13. The number of nitrogens with zero attached hydrogens (tertiary/aromatic N) is 2. The highest BCUT2D eigenvalue weighted by atomic mass is 16.5. The van der Waals surface area contributed by atoms with Crippen LogP contribution in [-0.4, -0.2) is 18.1 Å². The molecule has 2 heterocycles. The Balaban J connectivity index is 1.80. The first-order chi connectivity index (χ1) is 11.0.